The Morgan fingerprint density at radius 2 is 1.50 bits per heavy atom. The summed E-state index contributed by atoms with van der Waals surface area (Å²) in [5.74, 6) is -0.421. The molecule has 5 nitrogen and oxygen atoms in total. The monoisotopic (exact) mass is 443 g/mol. The van der Waals surface area contributed by atoms with Gasteiger partial charge in [-0.2, -0.15) is 13.2 Å². The lowest BCUT2D eigenvalue weighted by Crippen LogP contribution is -2.17. The topological polar surface area (TPSA) is 64.6 Å². The minimum Gasteiger partial charge on any atom is -0.496 e. The number of carbonyl (C=O) groups excluding carboxylic acids is 2. The molecular weight excluding hydrogens is 423 g/mol. The van der Waals surface area contributed by atoms with E-state index in [9.17, 15) is 22.8 Å². The van der Waals surface area contributed by atoms with Crippen LogP contribution in [0, 0.1) is 0 Å². The zero-order chi connectivity index (χ0) is 23.3. The highest BCUT2D eigenvalue weighted by atomic mass is 19.4. The molecule has 0 aliphatic carbocycles. The van der Waals surface area contributed by atoms with Gasteiger partial charge in [0, 0.05) is 12.0 Å². The first-order valence-corrected chi connectivity index (χ1v) is 9.55. The van der Waals surface area contributed by atoms with Gasteiger partial charge in [0.05, 0.1) is 25.5 Å². The Balaban J connectivity index is 1.87. The van der Waals surface area contributed by atoms with Crippen LogP contribution in [0.25, 0.3) is 0 Å². The van der Waals surface area contributed by atoms with Crippen molar-refractivity contribution in [3.63, 3.8) is 0 Å². The first-order chi connectivity index (χ1) is 15.2. The minimum absolute atomic E-state index is 0.151. The molecular formula is C24H20F3NO4. The molecule has 1 amide bonds. The average molecular weight is 443 g/mol. The number of para-hydroxylation sites is 1. The van der Waals surface area contributed by atoms with Crippen molar-refractivity contribution in [1.29, 1.82) is 0 Å². The molecule has 0 atom stereocenters. The minimum atomic E-state index is -4.50. The number of rotatable bonds is 7. The maximum atomic E-state index is 13.0. The van der Waals surface area contributed by atoms with Crippen LogP contribution in [0.2, 0.25) is 0 Å². The lowest BCUT2D eigenvalue weighted by Gasteiger charge is -2.15. The van der Waals surface area contributed by atoms with E-state index in [1.165, 1.54) is 32.4 Å². The molecule has 0 fully saturated rings. The van der Waals surface area contributed by atoms with Gasteiger partial charge in [0.25, 0.3) is 5.91 Å². The molecule has 0 saturated heterocycles. The van der Waals surface area contributed by atoms with Crippen LogP contribution in [0.4, 0.5) is 18.9 Å². The molecule has 0 aliphatic rings. The number of hydrogen-bond acceptors (Lipinski definition) is 4. The van der Waals surface area contributed by atoms with E-state index in [0.717, 1.165) is 12.1 Å². The van der Waals surface area contributed by atoms with E-state index in [4.69, 9.17) is 9.47 Å². The van der Waals surface area contributed by atoms with E-state index in [1.807, 2.05) is 0 Å². The standard InChI is InChI=1S/C24H20F3NO4/c1-31-20-11-6-12-21(32-2)22(20)23(30)28-18-10-4-3-9-17(18)19(29)14-15-7-5-8-16(13-15)24(25,26)27/h3-13H,14H2,1-2H3,(H,28,30). The van der Waals surface area contributed by atoms with Crippen LogP contribution in [0.5, 0.6) is 11.5 Å². The van der Waals surface area contributed by atoms with E-state index >= 15 is 0 Å². The van der Waals surface area contributed by atoms with Crippen LogP contribution < -0.4 is 14.8 Å². The van der Waals surface area contributed by atoms with Crippen LogP contribution in [0.3, 0.4) is 0 Å². The predicted octanol–water partition coefficient (Wildman–Crippen LogP) is 5.40. The van der Waals surface area contributed by atoms with E-state index < -0.39 is 23.4 Å². The van der Waals surface area contributed by atoms with Gasteiger partial charge in [-0.05, 0) is 35.9 Å². The van der Waals surface area contributed by atoms with Crippen LogP contribution >= 0.6 is 0 Å². The Kier molecular flexibility index (Phi) is 6.82. The number of anilines is 1. The number of alkyl halides is 3. The zero-order valence-electron chi connectivity index (χ0n) is 17.3. The summed E-state index contributed by atoms with van der Waals surface area (Å²) < 4.78 is 49.4. The van der Waals surface area contributed by atoms with Gasteiger partial charge in [0.15, 0.2) is 5.78 Å². The van der Waals surface area contributed by atoms with Gasteiger partial charge in [-0.1, -0.05) is 36.4 Å². The van der Waals surface area contributed by atoms with E-state index in [-0.39, 0.29) is 40.3 Å². The number of amides is 1. The lowest BCUT2D eigenvalue weighted by atomic mass is 9.99. The van der Waals surface area contributed by atoms with Crippen molar-refractivity contribution in [3.05, 3.63) is 89.0 Å². The summed E-state index contributed by atoms with van der Waals surface area (Å²) in [5, 5.41) is 2.68. The summed E-state index contributed by atoms with van der Waals surface area (Å²) >= 11 is 0. The molecule has 0 aromatic heterocycles. The maximum absolute atomic E-state index is 13.0. The molecule has 0 bridgehead atoms. The third-order valence-electron chi connectivity index (χ3n) is 4.75. The van der Waals surface area contributed by atoms with Crippen molar-refractivity contribution in [1.82, 2.24) is 0 Å². The van der Waals surface area contributed by atoms with Crippen molar-refractivity contribution in [2.45, 2.75) is 12.6 Å². The first kappa shape index (κ1) is 22.9. The molecule has 3 aromatic carbocycles. The number of Topliss-reactive ketones (excluding diaryl/α,β-unsaturated/α-hetero) is 1. The number of ether oxygens (including phenoxy) is 2. The highest BCUT2D eigenvalue weighted by Crippen LogP contribution is 2.31. The van der Waals surface area contributed by atoms with E-state index in [0.29, 0.717) is 0 Å². The molecule has 0 saturated carbocycles. The number of halogens is 3. The second kappa shape index (κ2) is 9.55. The second-order valence-electron chi connectivity index (χ2n) is 6.84. The molecule has 0 spiro atoms. The number of hydrogen-bond donors (Lipinski definition) is 1. The van der Waals surface area contributed by atoms with Crippen molar-refractivity contribution in [2.24, 2.45) is 0 Å². The van der Waals surface area contributed by atoms with Crippen molar-refractivity contribution >= 4 is 17.4 Å². The Labute approximate surface area is 182 Å². The van der Waals surface area contributed by atoms with Crippen LogP contribution in [0.15, 0.2) is 66.7 Å². The van der Waals surface area contributed by atoms with Crippen molar-refractivity contribution < 1.29 is 32.2 Å². The van der Waals surface area contributed by atoms with Crippen LogP contribution in [-0.2, 0) is 12.6 Å². The van der Waals surface area contributed by atoms with E-state index in [1.54, 1.807) is 36.4 Å². The van der Waals surface area contributed by atoms with Gasteiger partial charge in [-0.15, -0.1) is 0 Å². The second-order valence-corrected chi connectivity index (χ2v) is 6.84. The Bertz CT molecular complexity index is 1120. The van der Waals surface area contributed by atoms with Gasteiger partial charge >= 0.3 is 6.18 Å². The number of methoxy groups -OCH3 is 2. The average Bonchev–Trinajstić information content (AvgIpc) is 2.78. The fourth-order valence-electron chi connectivity index (χ4n) is 3.23. The Morgan fingerprint density at radius 3 is 2.12 bits per heavy atom. The molecule has 0 radical (unpaired) electrons. The maximum Gasteiger partial charge on any atom is 0.416 e. The molecule has 0 aliphatic heterocycles. The fraction of sp³-hybridized carbons (Fsp3) is 0.167. The van der Waals surface area contributed by atoms with Gasteiger partial charge in [0.1, 0.15) is 17.1 Å². The number of ketones is 1. The smallest absolute Gasteiger partial charge is 0.416 e. The van der Waals surface area contributed by atoms with Gasteiger partial charge in [-0.3, -0.25) is 9.59 Å². The van der Waals surface area contributed by atoms with Gasteiger partial charge in [-0.25, -0.2) is 0 Å². The molecule has 166 valence electrons. The number of carbonyl (C=O) groups is 2. The van der Waals surface area contributed by atoms with Crippen molar-refractivity contribution in [2.75, 3.05) is 19.5 Å². The summed E-state index contributed by atoms with van der Waals surface area (Å²) in [4.78, 5) is 25.8. The quantitative estimate of drug-likeness (QED) is 0.497. The molecule has 0 unspecified atom stereocenters. The zero-order valence-corrected chi connectivity index (χ0v) is 17.3. The molecule has 1 N–H and O–H groups in total. The molecule has 3 aromatic rings. The summed E-state index contributed by atoms with van der Waals surface area (Å²) in [7, 11) is 2.83. The SMILES string of the molecule is COc1cccc(OC)c1C(=O)Nc1ccccc1C(=O)Cc1cccc(C(F)(F)F)c1. The normalized spacial score (nSPS) is 11.0. The highest BCUT2D eigenvalue weighted by molar-refractivity contribution is 6.12. The van der Waals surface area contributed by atoms with Gasteiger partial charge < -0.3 is 14.8 Å². The summed E-state index contributed by atoms with van der Waals surface area (Å²) in [6, 6.07) is 15.8. The Morgan fingerprint density at radius 1 is 0.875 bits per heavy atom. The molecule has 8 heteroatoms. The molecule has 0 heterocycles. The number of nitrogens with one attached hydrogen (secondary N) is 1. The molecule has 3 rings (SSSR count). The summed E-state index contributed by atoms with van der Waals surface area (Å²) in [6.45, 7) is 0. The number of benzene rings is 3. The summed E-state index contributed by atoms with van der Waals surface area (Å²) in [5.41, 5.74) is -0.0581. The van der Waals surface area contributed by atoms with Crippen LogP contribution in [0.1, 0.15) is 31.8 Å². The lowest BCUT2D eigenvalue weighted by molar-refractivity contribution is -0.137. The molecule has 32 heavy (non-hydrogen) atoms. The fourth-order valence-corrected chi connectivity index (χ4v) is 3.23. The third-order valence-corrected chi connectivity index (χ3v) is 4.75. The van der Waals surface area contributed by atoms with E-state index in [2.05, 4.69) is 5.32 Å². The third kappa shape index (κ3) is 5.08. The highest BCUT2D eigenvalue weighted by Gasteiger charge is 2.30. The van der Waals surface area contributed by atoms with Gasteiger partial charge in [0.2, 0.25) is 0 Å². The predicted molar refractivity (Wildman–Crippen MR) is 113 cm³/mol. The van der Waals surface area contributed by atoms with Crippen molar-refractivity contribution in [3.8, 4) is 11.5 Å². The summed E-state index contributed by atoms with van der Waals surface area (Å²) in [6.07, 6.45) is -4.76. The Hall–Kier alpha value is -3.81. The van der Waals surface area contributed by atoms with Crippen LogP contribution in [-0.4, -0.2) is 25.9 Å². The first-order valence-electron chi connectivity index (χ1n) is 9.55. The largest absolute Gasteiger partial charge is 0.496 e.